The van der Waals surface area contributed by atoms with Crippen LogP contribution in [0, 0.1) is 0 Å². The molecule has 21 heavy (non-hydrogen) atoms. The number of esters is 1. The van der Waals surface area contributed by atoms with Crippen LogP contribution >= 0.6 is 23.4 Å². The highest BCUT2D eigenvalue weighted by Crippen LogP contribution is 2.25. The molecule has 1 aliphatic rings. The van der Waals surface area contributed by atoms with E-state index in [0.717, 1.165) is 16.7 Å². The van der Waals surface area contributed by atoms with Crippen molar-refractivity contribution in [1.82, 2.24) is 14.3 Å². The molecule has 1 fully saturated rings. The van der Waals surface area contributed by atoms with Crippen LogP contribution in [0.4, 0.5) is 0 Å². The molecule has 0 saturated carbocycles. The quantitative estimate of drug-likeness (QED) is 0.585. The lowest BCUT2D eigenvalue weighted by molar-refractivity contribution is -0.146. The van der Waals surface area contributed by atoms with Gasteiger partial charge in [0.05, 0.1) is 19.0 Å². The summed E-state index contributed by atoms with van der Waals surface area (Å²) < 4.78 is 31.3. The van der Waals surface area contributed by atoms with Crippen molar-refractivity contribution in [3.8, 4) is 0 Å². The molecule has 7 nitrogen and oxygen atoms in total. The number of halogens is 1. The molecule has 0 aromatic carbocycles. The summed E-state index contributed by atoms with van der Waals surface area (Å²) in [6, 6.07) is -0.829. The van der Waals surface area contributed by atoms with Crippen molar-refractivity contribution in [2.45, 2.75) is 17.9 Å². The Kier molecular flexibility index (Phi) is 5.42. The van der Waals surface area contributed by atoms with E-state index in [1.54, 1.807) is 6.92 Å². The Morgan fingerprint density at radius 2 is 2.19 bits per heavy atom. The lowest BCUT2D eigenvalue weighted by atomic mass is 10.3. The highest BCUT2D eigenvalue weighted by Gasteiger charge is 2.39. The number of ether oxygens (including phenoxy) is 1. The molecule has 2 rings (SSSR count). The van der Waals surface area contributed by atoms with Gasteiger partial charge in [0.15, 0.2) is 0 Å². The molecule has 0 aliphatic carbocycles. The van der Waals surface area contributed by atoms with Crippen LogP contribution in [0.5, 0.6) is 0 Å². The fraction of sp³-hybridized carbons (Fsp3) is 0.545. The molecule has 1 unspecified atom stereocenters. The van der Waals surface area contributed by atoms with E-state index in [4.69, 9.17) is 16.3 Å². The minimum Gasteiger partial charge on any atom is -0.465 e. The van der Waals surface area contributed by atoms with Crippen molar-refractivity contribution in [2.24, 2.45) is 0 Å². The van der Waals surface area contributed by atoms with Crippen molar-refractivity contribution in [3.63, 3.8) is 0 Å². The van der Waals surface area contributed by atoms with Crippen molar-refractivity contribution >= 4 is 39.4 Å². The van der Waals surface area contributed by atoms with Crippen LogP contribution in [-0.4, -0.2) is 59.4 Å². The largest absolute Gasteiger partial charge is 0.465 e. The normalized spacial score (nSPS) is 20.2. The number of sulfonamides is 1. The zero-order valence-electron chi connectivity index (χ0n) is 11.2. The first-order valence-corrected chi connectivity index (χ1v) is 9.18. The van der Waals surface area contributed by atoms with Crippen molar-refractivity contribution in [2.75, 3.05) is 24.7 Å². The lowest BCUT2D eigenvalue weighted by Gasteiger charge is -2.32. The Hall–Kier alpha value is -0.900. The van der Waals surface area contributed by atoms with Crippen LogP contribution in [-0.2, 0) is 19.6 Å². The van der Waals surface area contributed by atoms with E-state index in [-0.39, 0.29) is 23.3 Å². The van der Waals surface area contributed by atoms with Crippen LogP contribution < -0.4 is 0 Å². The Labute approximate surface area is 132 Å². The van der Waals surface area contributed by atoms with Crippen molar-refractivity contribution < 1.29 is 17.9 Å². The number of carbonyl (C=O) groups excluding carboxylic acids is 1. The molecular formula is C11H14ClN3O4S2. The van der Waals surface area contributed by atoms with Gasteiger partial charge in [0.2, 0.25) is 15.3 Å². The van der Waals surface area contributed by atoms with Crippen LogP contribution in [0.1, 0.15) is 6.92 Å². The third-order valence-electron chi connectivity index (χ3n) is 2.84. The predicted octanol–water partition coefficient (Wildman–Crippen LogP) is 0.799. The van der Waals surface area contributed by atoms with Crippen LogP contribution in [0.3, 0.4) is 0 Å². The summed E-state index contributed by atoms with van der Waals surface area (Å²) in [4.78, 5) is 19.2. The molecule has 0 N–H and O–H groups in total. The molecule has 0 radical (unpaired) electrons. The highest BCUT2D eigenvalue weighted by molar-refractivity contribution is 7.99. The zero-order valence-corrected chi connectivity index (χ0v) is 13.6. The summed E-state index contributed by atoms with van der Waals surface area (Å²) in [5.74, 6) is 0.443. The van der Waals surface area contributed by atoms with E-state index in [2.05, 4.69) is 9.97 Å². The average molecular weight is 352 g/mol. The topological polar surface area (TPSA) is 89.5 Å². The average Bonchev–Trinajstić information content (AvgIpc) is 2.48. The predicted molar refractivity (Wildman–Crippen MR) is 78.7 cm³/mol. The Morgan fingerprint density at radius 1 is 1.52 bits per heavy atom. The third kappa shape index (κ3) is 3.65. The van der Waals surface area contributed by atoms with E-state index in [0.29, 0.717) is 11.5 Å². The first-order valence-electron chi connectivity index (χ1n) is 6.20. The molecule has 0 amide bonds. The molecule has 0 spiro atoms. The summed E-state index contributed by atoms with van der Waals surface area (Å²) in [5, 5.41) is -0.0370. The third-order valence-corrected chi connectivity index (χ3v) is 5.92. The molecule has 1 aromatic heterocycles. The number of hydrogen-bond donors (Lipinski definition) is 0. The molecule has 1 aliphatic heterocycles. The number of hydrogen-bond acceptors (Lipinski definition) is 7. The summed E-state index contributed by atoms with van der Waals surface area (Å²) in [7, 11) is -3.86. The summed E-state index contributed by atoms with van der Waals surface area (Å²) in [6.07, 6.45) is 2.27. The van der Waals surface area contributed by atoms with Gasteiger partial charge < -0.3 is 4.74 Å². The second-order valence-electron chi connectivity index (χ2n) is 4.15. The van der Waals surface area contributed by atoms with Gasteiger partial charge in [-0.2, -0.15) is 16.1 Å². The van der Waals surface area contributed by atoms with E-state index < -0.39 is 22.0 Å². The van der Waals surface area contributed by atoms with Gasteiger partial charge in [-0.1, -0.05) is 0 Å². The van der Waals surface area contributed by atoms with Gasteiger partial charge in [-0.05, 0) is 18.5 Å². The lowest BCUT2D eigenvalue weighted by Crippen LogP contribution is -2.50. The Bertz CT molecular complexity index is 608. The van der Waals surface area contributed by atoms with Gasteiger partial charge in [0.25, 0.3) is 0 Å². The van der Waals surface area contributed by atoms with E-state index in [1.807, 2.05) is 0 Å². The van der Waals surface area contributed by atoms with E-state index in [9.17, 15) is 13.2 Å². The smallest absolute Gasteiger partial charge is 0.325 e. The number of aromatic nitrogens is 2. The van der Waals surface area contributed by atoms with Gasteiger partial charge in [-0.25, -0.2) is 18.4 Å². The molecule has 0 bridgehead atoms. The van der Waals surface area contributed by atoms with E-state index >= 15 is 0 Å². The maximum absolute atomic E-state index is 12.6. The number of nitrogens with zero attached hydrogens (tertiary/aromatic N) is 3. The minimum atomic E-state index is -3.86. The summed E-state index contributed by atoms with van der Waals surface area (Å²) in [6.45, 7) is 2.12. The van der Waals surface area contributed by atoms with E-state index in [1.165, 1.54) is 11.8 Å². The molecular weight excluding hydrogens is 338 g/mol. The van der Waals surface area contributed by atoms with Gasteiger partial charge in [0.1, 0.15) is 10.9 Å². The maximum atomic E-state index is 12.6. The Morgan fingerprint density at radius 3 is 2.81 bits per heavy atom. The van der Waals surface area contributed by atoms with Gasteiger partial charge in [0, 0.05) is 18.1 Å². The number of carbonyl (C=O) groups is 1. The van der Waals surface area contributed by atoms with Crippen LogP contribution in [0.15, 0.2) is 17.3 Å². The zero-order chi connectivity index (χ0) is 15.5. The second-order valence-corrected chi connectivity index (χ2v) is 7.52. The fourth-order valence-electron chi connectivity index (χ4n) is 1.87. The van der Waals surface area contributed by atoms with Crippen LogP contribution in [0.25, 0.3) is 0 Å². The Balaban J connectivity index is 2.31. The van der Waals surface area contributed by atoms with Crippen molar-refractivity contribution in [3.05, 3.63) is 17.7 Å². The van der Waals surface area contributed by atoms with Gasteiger partial charge >= 0.3 is 5.97 Å². The highest BCUT2D eigenvalue weighted by atomic mass is 35.5. The standard InChI is InChI=1S/C11H14ClN3O4S2/c1-2-19-10(16)9-7-20-4-3-15(9)21(17,18)8-5-13-11(12)14-6-8/h5-6,9H,2-4,7H2,1H3. The minimum absolute atomic E-state index is 0.0370. The van der Waals surface area contributed by atoms with Gasteiger partial charge in [-0.15, -0.1) is 0 Å². The molecule has 10 heteroatoms. The van der Waals surface area contributed by atoms with Crippen molar-refractivity contribution in [1.29, 1.82) is 0 Å². The van der Waals surface area contributed by atoms with Crippen LogP contribution in [0.2, 0.25) is 5.28 Å². The molecule has 2 heterocycles. The first kappa shape index (κ1) is 16.5. The fourth-order valence-corrected chi connectivity index (χ4v) is 4.68. The monoisotopic (exact) mass is 351 g/mol. The second kappa shape index (κ2) is 6.91. The number of thioether (sulfide) groups is 1. The molecule has 1 saturated heterocycles. The maximum Gasteiger partial charge on any atom is 0.325 e. The number of rotatable bonds is 4. The summed E-state index contributed by atoms with van der Waals surface area (Å²) in [5.41, 5.74) is 0. The SMILES string of the molecule is CCOC(=O)C1CSCCN1S(=O)(=O)c1cnc(Cl)nc1. The molecule has 1 atom stereocenters. The summed E-state index contributed by atoms with van der Waals surface area (Å²) >= 11 is 7.08. The van der Waals surface area contributed by atoms with Gasteiger partial charge in [-0.3, -0.25) is 4.79 Å². The molecule has 116 valence electrons. The first-order chi connectivity index (χ1) is 9.96. The molecule has 1 aromatic rings.